The maximum absolute atomic E-state index is 12.3. The number of halogens is 1. The lowest BCUT2D eigenvalue weighted by Crippen LogP contribution is -2.06. The standard InChI is InChI=1S/C19H17BrN2O2/c1-13-18(19(23)24-2)17(12-14-8-10-15(20)11-9-14)21-22(13)16-6-4-3-5-7-16/h3-11H,12H2,1-2H3. The van der Waals surface area contributed by atoms with Crippen LogP contribution in [0.2, 0.25) is 0 Å². The van der Waals surface area contributed by atoms with Crippen molar-refractivity contribution < 1.29 is 9.53 Å². The molecule has 0 radical (unpaired) electrons. The number of benzene rings is 2. The van der Waals surface area contributed by atoms with E-state index >= 15 is 0 Å². The summed E-state index contributed by atoms with van der Waals surface area (Å²) in [6.07, 6.45) is 0.568. The lowest BCUT2D eigenvalue weighted by atomic mass is 10.1. The van der Waals surface area contributed by atoms with Gasteiger partial charge in [-0.3, -0.25) is 0 Å². The van der Waals surface area contributed by atoms with Crippen molar-refractivity contribution in [2.24, 2.45) is 0 Å². The Labute approximate surface area is 149 Å². The molecule has 0 aliphatic heterocycles. The third-order valence-electron chi connectivity index (χ3n) is 3.86. The Balaban J connectivity index is 2.07. The van der Waals surface area contributed by atoms with Gasteiger partial charge in [-0.15, -0.1) is 0 Å². The molecule has 0 unspecified atom stereocenters. The van der Waals surface area contributed by atoms with Crippen LogP contribution in [-0.2, 0) is 11.2 Å². The van der Waals surface area contributed by atoms with Gasteiger partial charge in [0.05, 0.1) is 24.2 Å². The number of esters is 1. The first-order chi connectivity index (χ1) is 11.6. The number of ether oxygens (including phenoxy) is 1. The highest BCUT2D eigenvalue weighted by molar-refractivity contribution is 9.10. The second-order valence-corrected chi connectivity index (χ2v) is 6.36. The van der Waals surface area contributed by atoms with Crippen molar-refractivity contribution in [1.82, 2.24) is 9.78 Å². The van der Waals surface area contributed by atoms with Crippen molar-refractivity contribution in [3.05, 3.63) is 81.6 Å². The minimum absolute atomic E-state index is 0.359. The van der Waals surface area contributed by atoms with Gasteiger partial charge in [0.2, 0.25) is 0 Å². The summed E-state index contributed by atoms with van der Waals surface area (Å²) in [5, 5.41) is 4.67. The van der Waals surface area contributed by atoms with Gasteiger partial charge in [0.1, 0.15) is 5.56 Å². The molecule has 3 rings (SSSR count). The molecule has 0 bridgehead atoms. The Hall–Kier alpha value is -2.40. The molecule has 0 amide bonds. The molecular weight excluding hydrogens is 368 g/mol. The molecule has 0 saturated carbocycles. The van der Waals surface area contributed by atoms with Crippen LogP contribution in [0, 0.1) is 6.92 Å². The van der Waals surface area contributed by atoms with Crippen molar-refractivity contribution in [2.75, 3.05) is 7.11 Å². The van der Waals surface area contributed by atoms with Crippen molar-refractivity contribution in [1.29, 1.82) is 0 Å². The van der Waals surface area contributed by atoms with Crippen molar-refractivity contribution >= 4 is 21.9 Å². The van der Waals surface area contributed by atoms with E-state index in [1.54, 1.807) is 4.68 Å². The van der Waals surface area contributed by atoms with E-state index in [1.165, 1.54) is 7.11 Å². The summed E-state index contributed by atoms with van der Waals surface area (Å²) in [6, 6.07) is 17.8. The number of methoxy groups -OCH3 is 1. The minimum Gasteiger partial charge on any atom is -0.465 e. The molecular formula is C19H17BrN2O2. The zero-order chi connectivity index (χ0) is 17.1. The summed E-state index contributed by atoms with van der Waals surface area (Å²) >= 11 is 3.43. The van der Waals surface area contributed by atoms with E-state index in [2.05, 4.69) is 21.0 Å². The zero-order valence-electron chi connectivity index (χ0n) is 13.5. The van der Waals surface area contributed by atoms with Crippen LogP contribution in [0.15, 0.2) is 59.1 Å². The third kappa shape index (κ3) is 3.26. The lowest BCUT2D eigenvalue weighted by molar-refractivity contribution is 0.0599. The first-order valence-electron chi connectivity index (χ1n) is 7.57. The average Bonchev–Trinajstić information content (AvgIpc) is 2.93. The SMILES string of the molecule is COC(=O)c1c(Cc2ccc(Br)cc2)nn(-c2ccccc2)c1C. The number of hydrogen-bond acceptors (Lipinski definition) is 3. The van der Waals surface area contributed by atoms with E-state index in [9.17, 15) is 4.79 Å². The largest absolute Gasteiger partial charge is 0.465 e. The predicted molar refractivity (Wildman–Crippen MR) is 96.6 cm³/mol. The molecule has 0 fully saturated rings. The smallest absolute Gasteiger partial charge is 0.341 e. The molecule has 2 aromatic carbocycles. The van der Waals surface area contributed by atoms with Crippen LogP contribution in [-0.4, -0.2) is 22.9 Å². The summed E-state index contributed by atoms with van der Waals surface area (Å²) in [4.78, 5) is 12.3. The Bertz CT molecular complexity index is 855. The van der Waals surface area contributed by atoms with Gasteiger partial charge in [-0.2, -0.15) is 5.10 Å². The van der Waals surface area contributed by atoms with Gasteiger partial charge in [0.15, 0.2) is 0 Å². The van der Waals surface area contributed by atoms with Gasteiger partial charge >= 0.3 is 5.97 Å². The number of para-hydroxylation sites is 1. The van der Waals surface area contributed by atoms with Crippen LogP contribution in [0.1, 0.15) is 27.3 Å². The lowest BCUT2D eigenvalue weighted by Gasteiger charge is -2.04. The monoisotopic (exact) mass is 384 g/mol. The van der Waals surface area contributed by atoms with E-state index in [-0.39, 0.29) is 5.97 Å². The quantitative estimate of drug-likeness (QED) is 0.629. The topological polar surface area (TPSA) is 44.1 Å². The summed E-state index contributed by atoms with van der Waals surface area (Å²) < 4.78 is 7.78. The average molecular weight is 385 g/mol. The fourth-order valence-corrected chi connectivity index (χ4v) is 2.93. The molecule has 4 nitrogen and oxygen atoms in total. The molecule has 1 aromatic heterocycles. The van der Waals surface area contributed by atoms with Gasteiger partial charge < -0.3 is 4.74 Å². The van der Waals surface area contributed by atoms with Crippen LogP contribution in [0.25, 0.3) is 5.69 Å². The fourth-order valence-electron chi connectivity index (χ4n) is 2.67. The van der Waals surface area contributed by atoms with Crippen LogP contribution in [0.3, 0.4) is 0 Å². The molecule has 5 heteroatoms. The molecule has 0 aliphatic rings. The molecule has 3 aromatic rings. The number of rotatable bonds is 4. The van der Waals surface area contributed by atoms with Gasteiger partial charge in [0.25, 0.3) is 0 Å². The molecule has 0 atom stereocenters. The number of carbonyl (C=O) groups is 1. The summed E-state index contributed by atoms with van der Waals surface area (Å²) in [7, 11) is 1.39. The number of aromatic nitrogens is 2. The second-order valence-electron chi connectivity index (χ2n) is 5.45. The van der Waals surface area contributed by atoms with Gasteiger partial charge in [-0.1, -0.05) is 46.3 Å². The van der Waals surface area contributed by atoms with Gasteiger partial charge in [-0.25, -0.2) is 9.48 Å². The molecule has 1 heterocycles. The Morgan fingerprint density at radius 1 is 1.12 bits per heavy atom. The maximum atomic E-state index is 12.3. The second kappa shape index (κ2) is 7.01. The van der Waals surface area contributed by atoms with Gasteiger partial charge in [-0.05, 0) is 36.8 Å². The van der Waals surface area contributed by atoms with Crippen LogP contribution >= 0.6 is 15.9 Å². The van der Waals surface area contributed by atoms with Crippen LogP contribution < -0.4 is 0 Å². The van der Waals surface area contributed by atoms with Gasteiger partial charge in [0, 0.05) is 10.9 Å². The Morgan fingerprint density at radius 3 is 2.42 bits per heavy atom. The highest BCUT2D eigenvalue weighted by atomic mass is 79.9. The Kier molecular flexibility index (Phi) is 4.81. The van der Waals surface area contributed by atoms with Crippen LogP contribution in [0.5, 0.6) is 0 Å². The summed E-state index contributed by atoms with van der Waals surface area (Å²) in [5.74, 6) is -0.359. The van der Waals surface area contributed by atoms with E-state index in [0.29, 0.717) is 17.7 Å². The zero-order valence-corrected chi connectivity index (χ0v) is 15.1. The number of hydrogen-bond donors (Lipinski definition) is 0. The highest BCUT2D eigenvalue weighted by Crippen LogP contribution is 2.22. The number of nitrogens with zero attached hydrogens (tertiary/aromatic N) is 2. The first kappa shape index (κ1) is 16.5. The maximum Gasteiger partial charge on any atom is 0.341 e. The Morgan fingerprint density at radius 2 is 1.79 bits per heavy atom. The molecule has 122 valence electrons. The fraction of sp³-hybridized carbons (Fsp3) is 0.158. The summed E-state index contributed by atoms with van der Waals surface area (Å²) in [6.45, 7) is 1.89. The predicted octanol–water partition coefficient (Wildman–Crippen LogP) is 4.32. The molecule has 0 spiro atoms. The van der Waals surface area contributed by atoms with E-state index in [1.807, 2.05) is 61.5 Å². The van der Waals surface area contributed by atoms with E-state index in [0.717, 1.165) is 21.4 Å². The third-order valence-corrected chi connectivity index (χ3v) is 4.39. The molecule has 24 heavy (non-hydrogen) atoms. The number of carbonyl (C=O) groups excluding carboxylic acids is 1. The highest BCUT2D eigenvalue weighted by Gasteiger charge is 2.22. The minimum atomic E-state index is -0.359. The van der Waals surface area contributed by atoms with E-state index < -0.39 is 0 Å². The molecule has 0 aliphatic carbocycles. The molecule has 0 saturated heterocycles. The van der Waals surface area contributed by atoms with Crippen molar-refractivity contribution in [2.45, 2.75) is 13.3 Å². The summed E-state index contributed by atoms with van der Waals surface area (Å²) in [5.41, 5.74) is 4.03. The normalized spacial score (nSPS) is 10.6. The van der Waals surface area contributed by atoms with E-state index in [4.69, 9.17) is 4.74 Å². The van der Waals surface area contributed by atoms with Crippen LogP contribution in [0.4, 0.5) is 0 Å². The van der Waals surface area contributed by atoms with Crippen molar-refractivity contribution in [3.63, 3.8) is 0 Å². The first-order valence-corrected chi connectivity index (χ1v) is 8.36. The van der Waals surface area contributed by atoms with Crippen molar-refractivity contribution in [3.8, 4) is 5.69 Å². The molecule has 0 N–H and O–H groups in total.